The first-order chi connectivity index (χ1) is 44.6. The minimum absolute atomic E-state index is 0.126. The molecule has 0 bridgehead atoms. The lowest BCUT2D eigenvalue weighted by Crippen LogP contribution is -2.15. The van der Waals surface area contributed by atoms with Gasteiger partial charge in [-0.25, -0.2) is 9.97 Å². The van der Waals surface area contributed by atoms with Crippen LogP contribution in [0.5, 0.6) is 0 Å². The quantitative estimate of drug-likeness (QED) is 0.160. The van der Waals surface area contributed by atoms with Crippen molar-refractivity contribution in [3.05, 3.63) is 307 Å². The number of benzene rings is 13. The molecule has 4 heterocycles. The maximum Gasteiger partial charge on any atom is 0.160 e. The zero-order valence-corrected chi connectivity index (χ0v) is 50.9. The van der Waals surface area contributed by atoms with Gasteiger partial charge in [-0.3, -0.25) is 0 Å². The Balaban J connectivity index is 0.796. The van der Waals surface area contributed by atoms with Crippen molar-refractivity contribution in [1.29, 1.82) is 0 Å². The second-order valence-corrected chi connectivity index (χ2v) is 26.1. The fourth-order valence-electron chi connectivity index (χ4n) is 16.0. The van der Waals surface area contributed by atoms with E-state index in [1.165, 1.54) is 110 Å². The second-order valence-electron chi connectivity index (χ2n) is 26.1. The summed E-state index contributed by atoms with van der Waals surface area (Å²) in [5.41, 5.74) is 29.4. The maximum absolute atomic E-state index is 5.34. The summed E-state index contributed by atoms with van der Waals surface area (Å²) in [4.78, 5) is 10.6. The highest BCUT2D eigenvalue weighted by molar-refractivity contribution is 6.15. The van der Waals surface area contributed by atoms with Crippen LogP contribution in [0.2, 0.25) is 0 Å². The van der Waals surface area contributed by atoms with Gasteiger partial charge in [-0.05, 0) is 158 Å². The van der Waals surface area contributed by atoms with E-state index in [9.17, 15) is 0 Å². The van der Waals surface area contributed by atoms with Crippen LogP contribution in [0.15, 0.2) is 285 Å². The van der Waals surface area contributed by atoms with Crippen molar-refractivity contribution in [3.63, 3.8) is 0 Å². The molecule has 0 saturated carbocycles. The van der Waals surface area contributed by atoms with E-state index in [0.29, 0.717) is 5.82 Å². The number of fused-ring (bicyclic) bond motifs is 16. The van der Waals surface area contributed by atoms with Gasteiger partial charge in [-0.15, -0.1) is 0 Å². The molecule has 5 nitrogen and oxygen atoms in total. The Kier molecular flexibility index (Phi) is 10.8. The molecule has 17 aromatic rings. The third-order valence-electron chi connectivity index (χ3n) is 20.4. The molecule has 428 valence electrons. The largest absolute Gasteiger partial charge is 0.309 e. The van der Waals surface area contributed by atoms with Crippen LogP contribution in [-0.4, -0.2) is 23.7 Å². The molecule has 0 atom stereocenters. The number of hydrogen-bond acceptors (Lipinski definition) is 2. The van der Waals surface area contributed by atoms with Gasteiger partial charge in [0, 0.05) is 76.7 Å². The van der Waals surface area contributed by atoms with E-state index in [2.05, 4.69) is 327 Å². The molecule has 0 spiro atoms. The molecular formula is C86H59N5. The van der Waals surface area contributed by atoms with E-state index < -0.39 is 0 Å². The van der Waals surface area contributed by atoms with Crippen molar-refractivity contribution in [1.82, 2.24) is 23.7 Å². The van der Waals surface area contributed by atoms with E-state index in [0.717, 1.165) is 66.7 Å². The third kappa shape index (κ3) is 7.52. The van der Waals surface area contributed by atoms with Crippen LogP contribution >= 0.6 is 0 Å². The number of rotatable bonds is 7. The fourth-order valence-corrected chi connectivity index (χ4v) is 16.0. The summed E-state index contributed by atoms with van der Waals surface area (Å²) >= 11 is 0. The average Bonchev–Trinajstić information content (AvgIpc) is 1.60. The van der Waals surface area contributed by atoms with Crippen LogP contribution in [0.4, 0.5) is 0 Å². The molecule has 4 aromatic heterocycles. The van der Waals surface area contributed by atoms with Crippen molar-refractivity contribution >= 4 is 76.3 Å². The Morgan fingerprint density at radius 1 is 0.242 bits per heavy atom. The molecule has 5 heteroatoms. The summed E-state index contributed by atoms with van der Waals surface area (Å²) in [7, 11) is 0. The van der Waals surface area contributed by atoms with Crippen molar-refractivity contribution in [2.45, 2.75) is 38.5 Å². The zero-order valence-electron chi connectivity index (χ0n) is 50.9. The van der Waals surface area contributed by atoms with Gasteiger partial charge in [0.05, 0.1) is 44.3 Å². The molecule has 0 saturated heterocycles. The lowest BCUT2D eigenvalue weighted by molar-refractivity contribution is 0.660. The molecule has 0 N–H and O–H groups in total. The minimum atomic E-state index is -0.126. The summed E-state index contributed by atoms with van der Waals surface area (Å²) < 4.78 is 7.41. The molecule has 91 heavy (non-hydrogen) atoms. The van der Waals surface area contributed by atoms with Crippen LogP contribution in [-0.2, 0) is 10.8 Å². The number of hydrogen-bond donors (Lipinski definition) is 0. The molecule has 19 rings (SSSR count). The van der Waals surface area contributed by atoms with Crippen molar-refractivity contribution in [3.8, 4) is 84.2 Å². The molecule has 2 aliphatic carbocycles. The van der Waals surface area contributed by atoms with Gasteiger partial charge in [-0.1, -0.05) is 222 Å². The Labute approximate surface area is 527 Å². The van der Waals surface area contributed by atoms with Crippen LogP contribution in [0.3, 0.4) is 0 Å². The van der Waals surface area contributed by atoms with Crippen molar-refractivity contribution < 1.29 is 0 Å². The normalized spacial score (nSPS) is 13.7. The maximum atomic E-state index is 5.34. The van der Waals surface area contributed by atoms with E-state index in [-0.39, 0.29) is 10.8 Å². The Bertz CT molecular complexity index is 5680. The predicted octanol–water partition coefficient (Wildman–Crippen LogP) is 22.2. The highest BCUT2D eigenvalue weighted by Crippen LogP contribution is 2.52. The summed E-state index contributed by atoms with van der Waals surface area (Å²) in [6.45, 7) is 9.47. The molecule has 0 amide bonds. The van der Waals surface area contributed by atoms with Crippen LogP contribution in [0.25, 0.3) is 161 Å². The highest BCUT2D eigenvalue weighted by atomic mass is 15.0. The second kappa shape index (κ2) is 19.1. The number of para-hydroxylation sites is 3. The zero-order chi connectivity index (χ0) is 60.4. The molecule has 0 unspecified atom stereocenters. The van der Waals surface area contributed by atoms with E-state index in [1.807, 2.05) is 0 Å². The van der Waals surface area contributed by atoms with Gasteiger partial charge >= 0.3 is 0 Å². The van der Waals surface area contributed by atoms with E-state index >= 15 is 0 Å². The van der Waals surface area contributed by atoms with Crippen molar-refractivity contribution in [2.75, 3.05) is 0 Å². The molecule has 0 fully saturated rings. The summed E-state index contributed by atoms with van der Waals surface area (Å²) in [6.07, 6.45) is 0. The fraction of sp³-hybridized carbons (Fsp3) is 0.0698. The average molecular weight is 1160 g/mol. The Morgan fingerprint density at radius 3 is 1.23 bits per heavy atom. The molecule has 13 aromatic carbocycles. The van der Waals surface area contributed by atoms with Gasteiger partial charge in [0.1, 0.15) is 0 Å². The minimum Gasteiger partial charge on any atom is -0.309 e. The molecule has 2 aliphatic rings. The van der Waals surface area contributed by atoms with Gasteiger partial charge in [0.2, 0.25) is 0 Å². The van der Waals surface area contributed by atoms with Gasteiger partial charge in [0.15, 0.2) is 5.82 Å². The Hall–Kier alpha value is -11.4. The van der Waals surface area contributed by atoms with Crippen molar-refractivity contribution in [2.24, 2.45) is 0 Å². The van der Waals surface area contributed by atoms with Crippen LogP contribution < -0.4 is 0 Å². The summed E-state index contributed by atoms with van der Waals surface area (Å²) in [5.74, 6) is 0.688. The third-order valence-corrected chi connectivity index (χ3v) is 20.4. The van der Waals surface area contributed by atoms with Gasteiger partial charge in [-0.2, -0.15) is 0 Å². The SMILES string of the molecule is CC1(C)c2ccccc2-c2ccc(-n3c4ccccc4c4ccc(-c5ccc6c(c5)c5cc(-c7ccc8c9ccccc9n(-c9ccc%10c(c9)C(C)(C)c9ccccc9-%10)c8c7)ccc5n6-c5cccc(-c6nc(-c7ccccc7)c7ccccc7n6)c5)cc43)cc21. The van der Waals surface area contributed by atoms with Gasteiger partial charge < -0.3 is 13.7 Å². The van der Waals surface area contributed by atoms with Crippen LogP contribution in [0.1, 0.15) is 49.9 Å². The molecular weight excluding hydrogens is 1100 g/mol. The van der Waals surface area contributed by atoms with E-state index in [1.54, 1.807) is 0 Å². The lowest BCUT2D eigenvalue weighted by Gasteiger charge is -2.22. The topological polar surface area (TPSA) is 40.6 Å². The predicted molar refractivity (Wildman–Crippen MR) is 379 cm³/mol. The number of aromatic nitrogens is 5. The number of nitrogens with zero attached hydrogens (tertiary/aromatic N) is 5. The standard InChI is InChI=1S/C86H59N5/c1-85(2)72-28-13-8-23-61(72)63-41-37-59(50-74(63)85)90-77-31-16-11-25-65(77)67-39-33-55(48-81(67)90)53-35-43-79-70(46-53)71-47-54(36-44-80(71)89(79)58-22-18-21-57(45-58)84-87-76-30-15-10-27-69(76)83(88-84)52-19-6-5-7-20-52)56-34-40-68-66-26-12-17-32-78(66)91(82(68)49-56)60-38-42-64-62-24-9-14-29-73(62)86(3,4)75(64)51-60/h5-51H,1-4H3. The first-order valence-corrected chi connectivity index (χ1v) is 31.7. The first kappa shape index (κ1) is 51.6. The lowest BCUT2D eigenvalue weighted by atomic mass is 9.82. The van der Waals surface area contributed by atoms with Gasteiger partial charge in [0.25, 0.3) is 0 Å². The first-order valence-electron chi connectivity index (χ1n) is 31.7. The highest BCUT2D eigenvalue weighted by Gasteiger charge is 2.37. The smallest absolute Gasteiger partial charge is 0.160 e. The summed E-state index contributed by atoms with van der Waals surface area (Å²) in [5, 5.41) is 8.33. The Morgan fingerprint density at radius 2 is 0.659 bits per heavy atom. The van der Waals surface area contributed by atoms with Crippen LogP contribution in [0, 0.1) is 0 Å². The molecule has 0 radical (unpaired) electrons. The molecule has 0 aliphatic heterocycles. The summed E-state index contributed by atoms with van der Waals surface area (Å²) in [6, 6.07) is 106. The van der Waals surface area contributed by atoms with E-state index in [4.69, 9.17) is 9.97 Å². The monoisotopic (exact) mass is 1160 g/mol.